The summed E-state index contributed by atoms with van der Waals surface area (Å²) in [7, 11) is 0. The molecule has 170 valence electrons. The van der Waals surface area contributed by atoms with Crippen LogP contribution in [0.1, 0.15) is 29.8 Å². The Morgan fingerprint density at radius 3 is 2.56 bits per heavy atom. The number of para-hydroxylation sites is 1. The smallest absolute Gasteiger partial charge is 0.373 e. The number of carbonyl (C=O) groups is 1. The van der Waals surface area contributed by atoms with Gasteiger partial charge in [-0.15, -0.1) is 0 Å². The molecule has 3 aromatic carbocycles. The molecule has 1 N–H and O–H groups in total. The van der Waals surface area contributed by atoms with Crippen molar-refractivity contribution >= 4 is 27.9 Å². The number of furan rings is 1. The molecular weight excluding hydrogens is 433 g/mol. The Morgan fingerprint density at radius 1 is 1.03 bits per heavy atom. The van der Waals surface area contributed by atoms with Crippen molar-refractivity contribution in [2.45, 2.75) is 20.3 Å². The molecule has 0 amide bonds. The zero-order valence-electron chi connectivity index (χ0n) is 18.7. The third-order valence-electron chi connectivity index (χ3n) is 5.85. The number of aromatic nitrogens is 1. The highest BCUT2D eigenvalue weighted by Gasteiger charge is 2.23. The van der Waals surface area contributed by atoms with Gasteiger partial charge in [-0.05, 0) is 59.9 Å². The summed E-state index contributed by atoms with van der Waals surface area (Å²) in [6, 6.07) is 19.1. The molecule has 6 heteroatoms. The van der Waals surface area contributed by atoms with Crippen LogP contribution in [0.3, 0.4) is 0 Å². The summed E-state index contributed by atoms with van der Waals surface area (Å²) in [5.41, 5.74) is 5.29. The predicted octanol–water partition coefficient (Wildman–Crippen LogP) is 7.28. The van der Waals surface area contributed by atoms with Crippen molar-refractivity contribution in [2.75, 3.05) is 0 Å². The Bertz CT molecular complexity index is 1520. The van der Waals surface area contributed by atoms with E-state index in [4.69, 9.17) is 9.67 Å². The molecule has 0 spiro atoms. The first-order valence-corrected chi connectivity index (χ1v) is 11.0. The number of hydrogen-bond donors (Lipinski definition) is 1. The van der Waals surface area contributed by atoms with E-state index in [1.165, 1.54) is 12.1 Å². The molecule has 0 bridgehead atoms. The quantitative estimate of drug-likeness (QED) is 0.223. The van der Waals surface area contributed by atoms with Crippen LogP contribution in [0.15, 0.2) is 77.3 Å². The largest absolute Gasteiger partial charge is 0.455 e. The topological polar surface area (TPSA) is 72.6 Å². The van der Waals surface area contributed by atoms with Crippen molar-refractivity contribution in [1.29, 1.82) is 0 Å². The van der Waals surface area contributed by atoms with Gasteiger partial charge in [0.1, 0.15) is 17.0 Å². The molecule has 5 rings (SSSR count). The third kappa shape index (κ3) is 3.82. The Morgan fingerprint density at radius 2 is 1.82 bits per heavy atom. The first kappa shape index (κ1) is 21.8. The number of nitrogens with zero attached hydrogens (tertiary/aromatic N) is 1. The van der Waals surface area contributed by atoms with E-state index in [1.54, 1.807) is 30.5 Å². The molecule has 0 atom stereocenters. The van der Waals surface area contributed by atoms with Crippen LogP contribution in [-0.2, 0) is 11.3 Å². The Hall–Kier alpha value is -4.03. The molecule has 2 aromatic heterocycles. The van der Waals surface area contributed by atoms with Gasteiger partial charge < -0.3 is 4.42 Å². The molecule has 5 aromatic rings. The average molecular weight is 455 g/mol. The van der Waals surface area contributed by atoms with Crippen LogP contribution in [0.2, 0.25) is 0 Å². The summed E-state index contributed by atoms with van der Waals surface area (Å²) in [6.45, 7) is 4.31. The van der Waals surface area contributed by atoms with Gasteiger partial charge in [0.2, 0.25) is 0 Å². The summed E-state index contributed by atoms with van der Waals surface area (Å²) in [4.78, 5) is 21.0. The second kappa shape index (κ2) is 8.72. The summed E-state index contributed by atoms with van der Waals surface area (Å²) < 4.78 is 19.9. The van der Waals surface area contributed by atoms with Gasteiger partial charge in [0.25, 0.3) is 0 Å². The predicted molar refractivity (Wildman–Crippen MR) is 129 cm³/mol. The highest BCUT2D eigenvalue weighted by atomic mass is 19.1. The number of pyridine rings is 1. The summed E-state index contributed by atoms with van der Waals surface area (Å²) in [5, 5.41) is 10.3. The van der Waals surface area contributed by atoms with Gasteiger partial charge in [-0.25, -0.2) is 9.18 Å². The molecule has 0 unspecified atom stereocenters. The first-order valence-electron chi connectivity index (χ1n) is 11.0. The van der Waals surface area contributed by atoms with E-state index in [1.807, 2.05) is 30.3 Å². The highest BCUT2D eigenvalue weighted by molar-refractivity contribution is 6.19. The molecule has 0 aliphatic carbocycles. The van der Waals surface area contributed by atoms with E-state index in [9.17, 15) is 9.18 Å². The van der Waals surface area contributed by atoms with E-state index in [0.29, 0.717) is 27.9 Å². The standard InChI is InChI=1S/C28H22FNO4/c1-16(2)14-17-12-13-30-24(15-17)21-10-11-23(28(31)34-32)25-22-5-3-4-20(26(22)33-27(21)25)18-6-8-19(29)9-7-18/h3-13,15-16,32H,14H2,1-2H3. The summed E-state index contributed by atoms with van der Waals surface area (Å²) in [6.07, 6.45) is 2.67. The zero-order chi connectivity index (χ0) is 23.8. The molecule has 0 radical (unpaired) electrons. The fraction of sp³-hybridized carbons (Fsp3) is 0.143. The lowest BCUT2D eigenvalue weighted by Crippen LogP contribution is -2.02. The van der Waals surface area contributed by atoms with Crippen molar-refractivity contribution in [1.82, 2.24) is 4.98 Å². The molecule has 5 nitrogen and oxygen atoms in total. The lowest BCUT2D eigenvalue weighted by Gasteiger charge is -2.08. The van der Waals surface area contributed by atoms with Crippen LogP contribution >= 0.6 is 0 Å². The van der Waals surface area contributed by atoms with Gasteiger partial charge in [-0.3, -0.25) is 9.87 Å². The molecule has 0 fully saturated rings. The SMILES string of the molecule is CC(C)Cc1ccnc(-c2ccc(C(=O)OO)c3c2oc2c(-c4ccc(F)cc4)cccc23)c1. The number of fused-ring (bicyclic) bond motifs is 3. The molecule has 34 heavy (non-hydrogen) atoms. The molecule has 0 saturated heterocycles. The van der Waals surface area contributed by atoms with Gasteiger partial charge in [-0.2, -0.15) is 5.26 Å². The first-order chi connectivity index (χ1) is 16.5. The van der Waals surface area contributed by atoms with Crippen molar-refractivity contribution < 1.29 is 23.7 Å². The lowest BCUT2D eigenvalue weighted by molar-refractivity contribution is -0.182. The van der Waals surface area contributed by atoms with Crippen molar-refractivity contribution in [3.05, 3.63) is 89.9 Å². The van der Waals surface area contributed by atoms with Crippen LogP contribution in [0.4, 0.5) is 4.39 Å². The second-order valence-corrected chi connectivity index (χ2v) is 8.68. The highest BCUT2D eigenvalue weighted by Crippen LogP contribution is 2.41. The minimum atomic E-state index is -0.882. The minimum Gasteiger partial charge on any atom is -0.455 e. The summed E-state index contributed by atoms with van der Waals surface area (Å²) >= 11 is 0. The van der Waals surface area contributed by atoms with E-state index in [-0.39, 0.29) is 11.4 Å². The van der Waals surface area contributed by atoms with Crippen LogP contribution in [0, 0.1) is 11.7 Å². The molecular formula is C28H22FNO4. The number of rotatable bonds is 5. The van der Waals surface area contributed by atoms with Crippen molar-refractivity contribution in [3.8, 4) is 22.4 Å². The molecule has 2 heterocycles. The lowest BCUT2D eigenvalue weighted by atomic mass is 9.97. The fourth-order valence-electron chi connectivity index (χ4n) is 4.40. The van der Waals surface area contributed by atoms with Gasteiger partial charge >= 0.3 is 5.97 Å². The Kier molecular flexibility index (Phi) is 5.59. The Balaban J connectivity index is 1.81. The van der Waals surface area contributed by atoms with Gasteiger partial charge in [0, 0.05) is 28.1 Å². The second-order valence-electron chi connectivity index (χ2n) is 8.68. The van der Waals surface area contributed by atoms with Gasteiger partial charge in [0.15, 0.2) is 0 Å². The van der Waals surface area contributed by atoms with E-state index >= 15 is 0 Å². The number of halogens is 1. The number of benzene rings is 3. The molecule has 0 aliphatic rings. The zero-order valence-corrected chi connectivity index (χ0v) is 18.7. The maximum absolute atomic E-state index is 13.5. The third-order valence-corrected chi connectivity index (χ3v) is 5.85. The maximum Gasteiger partial charge on any atom is 0.373 e. The maximum atomic E-state index is 13.5. The van der Waals surface area contributed by atoms with Crippen LogP contribution in [0.25, 0.3) is 44.3 Å². The molecule has 0 saturated carbocycles. The van der Waals surface area contributed by atoms with Crippen LogP contribution < -0.4 is 0 Å². The van der Waals surface area contributed by atoms with E-state index in [2.05, 4.69) is 23.7 Å². The average Bonchev–Trinajstić information content (AvgIpc) is 3.23. The summed E-state index contributed by atoms with van der Waals surface area (Å²) in [5.74, 6) is -0.725. The van der Waals surface area contributed by atoms with E-state index < -0.39 is 5.97 Å². The van der Waals surface area contributed by atoms with Gasteiger partial charge in [-0.1, -0.05) is 44.2 Å². The van der Waals surface area contributed by atoms with E-state index in [0.717, 1.165) is 34.4 Å². The fourth-order valence-corrected chi connectivity index (χ4v) is 4.40. The normalized spacial score (nSPS) is 11.4. The minimum absolute atomic E-state index is 0.176. The van der Waals surface area contributed by atoms with Gasteiger partial charge in [0.05, 0.1) is 11.3 Å². The monoisotopic (exact) mass is 455 g/mol. The van der Waals surface area contributed by atoms with Crippen LogP contribution in [-0.4, -0.2) is 16.2 Å². The van der Waals surface area contributed by atoms with Crippen LogP contribution in [0.5, 0.6) is 0 Å². The number of carbonyl (C=O) groups excluding carboxylic acids is 1. The Labute approximate surface area is 195 Å². The van der Waals surface area contributed by atoms with Crippen molar-refractivity contribution in [2.24, 2.45) is 5.92 Å². The molecule has 0 aliphatic heterocycles. The van der Waals surface area contributed by atoms with Crippen molar-refractivity contribution in [3.63, 3.8) is 0 Å². The number of hydrogen-bond acceptors (Lipinski definition) is 5.